The summed E-state index contributed by atoms with van der Waals surface area (Å²) in [6.07, 6.45) is 0.227. The molecule has 1 aliphatic heterocycles. The minimum Gasteiger partial charge on any atom is -0.370 e. The second-order valence-corrected chi connectivity index (χ2v) is 7.40. The molecule has 6 heteroatoms. The molecule has 0 saturated carbocycles. The van der Waals surface area contributed by atoms with Gasteiger partial charge in [0.2, 0.25) is 0 Å². The lowest BCUT2D eigenvalue weighted by atomic mass is 10.2. The van der Waals surface area contributed by atoms with Crippen molar-refractivity contribution in [3.05, 3.63) is 0 Å². The molecule has 3 unspecified atom stereocenters. The molecular weight excluding hydrogens is 251 g/mol. The van der Waals surface area contributed by atoms with E-state index in [4.69, 9.17) is 9.26 Å². The fourth-order valence-electron chi connectivity index (χ4n) is 1.70. The van der Waals surface area contributed by atoms with Gasteiger partial charge in [0, 0.05) is 19.8 Å². The third-order valence-corrected chi connectivity index (χ3v) is 4.82. The SMILES string of the molecule is CC.CC1CN(C)CC(COP(C)(=O)N(C)C)O1. The van der Waals surface area contributed by atoms with Gasteiger partial charge in [-0.3, -0.25) is 4.57 Å². The van der Waals surface area contributed by atoms with E-state index in [9.17, 15) is 4.57 Å². The van der Waals surface area contributed by atoms with Crippen molar-refractivity contribution in [3.63, 3.8) is 0 Å². The van der Waals surface area contributed by atoms with Gasteiger partial charge < -0.3 is 14.2 Å². The van der Waals surface area contributed by atoms with E-state index in [1.165, 1.54) is 0 Å². The summed E-state index contributed by atoms with van der Waals surface area (Å²) in [5.74, 6) is 0. The molecule has 3 atom stereocenters. The Morgan fingerprint density at radius 3 is 2.39 bits per heavy atom. The number of likely N-dealkylation sites (N-methyl/N-ethyl adjacent to an activating group) is 1. The van der Waals surface area contributed by atoms with Crippen molar-refractivity contribution in [1.82, 2.24) is 9.57 Å². The van der Waals surface area contributed by atoms with Crippen LogP contribution in [0.3, 0.4) is 0 Å². The quantitative estimate of drug-likeness (QED) is 0.738. The van der Waals surface area contributed by atoms with Crippen LogP contribution in [0.1, 0.15) is 20.8 Å². The first-order valence-electron chi connectivity index (χ1n) is 6.55. The first-order valence-corrected chi connectivity index (χ1v) is 8.57. The minimum atomic E-state index is -2.64. The van der Waals surface area contributed by atoms with Crippen molar-refractivity contribution < 1.29 is 13.8 Å². The highest BCUT2D eigenvalue weighted by Crippen LogP contribution is 2.44. The monoisotopic (exact) mass is 280 g/mol. The number of rotatable bonds is 4. The molecule has 110 valence electrons. The summed E-state index contributed by atoms with van der Waals surface area (Å²) < 4.78 is 24.8. The largest absolute Gasteiger partial charge is 0.370 e. The molecule has 0 amide bonds. The first-order chi connectivity index (χ1) is 8.31. The van der Waals surface area contributed by atoms with Gasteiger partial charge in [0.1, 0.15) is 0 Å². The van der Waals surface area contributed by atoms with Crippen molar-refractivity contribution in [2.45, 2.75) is 33.0 Å². The predicted octanol–water partition coefficient (Wildman–Crippen LogP) is 2.13. The molecule has 0 bridgehead atoms. The fraction of sp³-hybridized carbons (Fsp3) is 1.00. The van der Waals surface area contributed by atoms with E-state index in [-0.39, 0.29) is 12.2 Å². The van der Waals surface area contributed by atoms with E-state index >= 15 is 0 Å². The molecular formula is C12H29N2O3P. The van der Waals surface area contributed by atoms with Gasteiger partial charge in [-0.25, -0.2) is 4.67 Å². The molecule has 0 aromatic heterocycles. The summed E-state index contributed by atoms with van der Waals surface area (Å²) >= 11 is 0. The molecule has 5 nitrogen and oxygen atoms in total. The van der Waals surface area contributed by atoms with Crippen molar-refractivity contribution >= 4 is 7.52 Å². The molecule has 0 N–H and O–H groups in total. The minimum absolute atomic E-state index is 0.0157. The molecule has 18 heavy (non-hydrogen) atoms. The Morgan fingerprint density at radius 1 is 1.39 bits per heavy atom. The number of hydrogen-bond acceptors (Lipinski definition) is 4. The van der Waals surface area contributed by atoms with E-state index in [1.807, 2.05) is 20.8 Å². The highest BCUT2D eigenvalue weighted by atomic mass is 31.2. The van der Waals surface area contributed by atoms with Crippen LogP contribution in [0.5, 0.6) is 0 Å². The lowest BCUT2D eigenvalue weighted by molar-refractivity contribution is -0.0851. The maximum atomic E-state index is 12.0. The van der Waals surface area contributed by atoms with Crippen LogP contribution in [-0.4, -0.2) is 69.3 Å². The average Bonchev–Trinajstić information content (AvgIpc) is 2.28. The highest BCUT2D eigenvalue weighted by Gasteiger charge is 2.26. The van der Waals surface area contributed by atoms with E-state index < -0.39 is 7.52 Å². The zero-order valence-corrected chi connectivity index (χ0v) is 13.7. The second kappa shape index (κ2) is 8.28. The molecule has 0 aromatic rings. The number of nitrogens with zero attached hydrogens (tertiary/aromatic N) is 2. The highest BCUT2D eigenvalue weighted by molar-refractivity contribution is 7.55. The van der Waals surface area contributed by atoms with Crippen LogP contribution in [0.4, 0.5) is 0 Å². The normalized spacial score (nSPS) is 28.4. The van der Waals surface area contributed by atoms with Gasteiger partial charge in [-0.2, -0.15) is 0 Å². The Hall–Kier alpha value is 0.0700. The molecule has 1 aliphatic rings. The maximum Gasteiger partial charge on any atom is 0.268 e. The Balaban J connectivity index is 0.00000137. The lowest BCUT2D eigenvalue weighted by Gasteiger charge is -2.35. The average molecular weight is 280 g/mol. The molecule has 1 heterocycles. The third kappa shape index (κ3) is 6.30. The van der Waals surface area contributed by atoms with Gasteiger partial charge in [0.05, 0.1) is 18.8 Å². The Bertz CT molecular complexity index is 264. The van der Waals surface area contributed by atoms with Crippen LogP contribution < -0.4 is 0 Å². The smallest absolute Gasteiger partial charge is 0.268 e. The summed E-state index contributed by atoms with van der Waals surface area (Å²) in [6.45, 7) is 9.83. The molecule has 0 aliphatic carbocycles. The Morgan fingerprint density at radius 2 is 1.94 bits per heavy atom. The molecule has 0 spiro atoms. The molecule has 0 radical (unpaired) electrons. The molecule has 0 aromatic carbocycles. The van der Waals surface area contributed by atoms with E-state index in [2.05, 4.69) is 11.9 Å². The molecule has 1 rings (SSSR count). The fourth-order valence-corrected chi connectivity index (χ4v) is 2.38. The van der Waals surface area contributed by atoms with Crippen LogP contribution in [-0.2, 0) is 13.8 Å². The predicted molar refractivity (Wildman–Crippen MR) is 76.3 cm³/mol. The van der Waals surface area contributed by atoms with Gasteiger partial charge in [-0.1, -0.05) is 13.8 Å². The number of morpholine rings is 1. The Labute approximate surface area is 112 Å². The number of hydrogen-bond donors (Lipinski definition) is 0. The standard InChI is InChI=1S/C10H23N2O3P.C2H6/c1-9-6-12(4)7-10(15-9)8-14-16(5,13)11(2)3;1-2/h9-10H,6-8H2,1-5H3;1-2H3. The van der Waals surface area contributed by atoms with Crippen LogP contribution in [0.25, 0.3) is 0 Å². The van der Waals surface area contributed by atoms with Gasteiger partial charge in [-0.05, 0) is 28.1 Å². The molecule has 1 saturated heterocycles. The third-order valence-electron chi connectivity index (χ3n) is 2.74. The van der Waals surface area contributed by atoms with Crippen molar-refractivity contribution in [1.29, 1.82) is 0 Å². The number of ether oxygens (including phenoxy) is 1. The zero-order chi connectivity index (χ0) is 14.3. The lowest BCUT2D eigenvalue weighted by Crippen LogP contribution is -2.46. The van der Waals surface area contributed by atoms with Gasteiger partial charge in [0.15, 0.2) is 0 Å². The van der Waals surface area contributed by atoms with Crippen LogP contribution >= 0.6 is 7.52 Å². The van der Waals surface area contributed by atoms with E-state index in [0.29, 0.717) is 6.61 Å². The topological polar surface area (TPSA) is 42.0 Å². The summed E-state index contributed by atoms with van der Waals surface area (Å²) in [5.41, 5.74) is 0. The molecule has 1 fully saturated rings. The van der Waals surface area contributed by atoms with Gasteiger partial charge in [0.25, 0.3) is 7.52 Å². The van der Waals surface area contributed by atoms with Crippen LogP contribution in [0.2, 0.25) is 0 Å². The summed E-state index contributed by atoms with van der Waals surface area (Å²) in [4.78, 5) is 2.21. The summed E-state index contributed by atoms with van der Waals surface area (Å²) in [7, 11) is 2.95. The summed E-state index contributed by atoms with van der Waals surface area (Å²) in [6, 6.07) is 0. The Kier molecular flexibility index (Phi) is 8.31. The van der Waals surface area contributed by atoms with Crippen molar-refractivity contribution in [3.8, 4) is 0 Å². The zero-order valence-electron chi connectivity index (χ0n) is 12.8. The summed E-state index contributed by atoms with van der Waals surface area (Å²) in [5, 5.41) is 0. The van der Waals surface area contributed by atoms with E-state index in [1.54, 1.807) is 25.4 Å². The van der Waals surface area contributed by atoms with Gasteiger partial charge >= 0.3 is 0 Å². The maximum absolute atomic E-state index is 12.0. The second-order valence-electron chi connectivity index (χ2n) is 4.74. The van der Waals surface area contributed by atoms with Gasteiger partial charge in [-0.15, -0.1) is 0 Å². The van der Waals surface area contributed by atoms with E-state index in [0.717, 1.165) is 13.1 Å². The van der Waals surface area contributed by atoms with Crippen LogP contribution in [0.15, 0.2) is 0 Å². The van der Waals surface area contributed by atoms with Crippen molar-refractivity contribution in [2.24, 2.45) is 0 Å². The van der Waals surface area contributed by atoms with Crippen molar-refractivity contribution in [2.75, 3.05) is 47.5 Å². The van der Waals surface area contributed by atoms with Crippen LogP contribution in [0, 0.1) is 0 Å². The first kappa shape index (κ1) is 18.1.